The van der Waals surface area contributed by atoms with Gasteiger partial charge in [0.15, 0.2) is 12.0 Å². The summed E-state index contributed by atoms with van der Waals surface area (Å²) in [5, 5.41) is 32.4. The lowest BCUT2D eigenvalue weighted by Gasteiger charge is -2.18. The number of aromatic nitrogens is 9. The Morgan fingerprint density at radius 1 is 1.05 bits per heavy atom. The zero-order valence-corrected chi connectivity index (χ0v) is 21.4. The van der Waals surface area contributed by atoms with Crippen LogP contribution in [0.1, 0.15) is 37.5 Å². The summed E-state index contributed by atoms with van der Waals surface area (Å²) in [6, 6.07) is 5.62. The molecule has 0 radical (unpaired) electrons. The van der Waals surface area contributed by atoms with Crippen LogP contribution in [0.4, 0.5) is 13.2 Å². The lowest BCUT2D eigenvalue weighted by Crippen LogP contribution is -2.35. The van der Waals surface area contributed by atoms with Crippen LogP contribution in [0.2, 0.25) is 10.0 Å². The first-order valence-electron chi connectivity index (χ1n) is 11.8. The van der Waals surface area contributed by atoms with E-state index in [4.69, 9.17) is 23.2 Å². The summed E-state index contributed by atoms with van der Waals surface area (Å²) in [6.45, 7) is -2.89. The molecule has 1 saturated carbocycles. The molecular weight excluding hydrogens is 558 g/mol. The van der Waals surface area contributed by atoms with E-state index in [0.717, 1.165) is 19.0 Å². The SMILES string of the molecule is [O-][n+]1cc(-c2c(-n3cnnn3)ccc(Cl)c2F)ccc1C(CC1CC1)n1cc(-c2c(Cl)cnn2C(F)F)cn1. The molecule has 1 aliphatic rings. The van der Waals surface area contributed by atoms with Crippen molar-refractivity contribution in [3.05, 3.63) is 82.1 Å². The average Bonchev–Trinajstić information content (AvgIpc) is 3.27. The molecule has 4 aromatic heterocycles. The summed E-state index contributed by atoms with van der Waals surface area (Å²) in [7, 11) is 0. The predicted molar refractivity (Wildman–Crippen MR) is 134 cm³/mol. The van der Waals surface area contributed by atoms with Crippen molar-refractivity contribution in [1.82, 2.24) is 39.8 Å². The Morgan fingerprint density at radius 2 is 1.87 bits per heavy atom. The zero-order chi connectivity index (χ0) is 27.3. The minimum atomic E-state index is -2.89. The van der Waals surface area contributed by atoms with Gasteiger partial charge in [-0.2, -0.15) is 28.4 Å². The maximum absolute atomic E-state index is 15.2. The standard InChI is InChI=1S/C24H18Cl2F3N9O/c25-16-4-6-19(36-12-30-33-34-36)21(22(16)27)14-3-5-18(37(39)11-14)20(7-13-1-2-13)35-10-15(8-31-35)23-17(26)9-32-38(23)24(28)29/h3-6,8-13,20,24H,1-2,7H2. The van der Waals surface area contributed by atoms with Crippen LogP contribution in [0.5, 0.6) is 0 Å². The second kappa shape index (κ2) is 9.97. The third-order valence-electron chi connectivity index (χ3n) is 6.63. The molecule has 10 nitrogen and oxygen atoms in total. The molecule has 0 aliphatic heterocycles. The first-order chi connectivity index (χ1) is 18.8. The number of halogens is 5. The van der Waals surface area contributed by atoms with E-state index >= 15 is 4.39 Å². The summed E-state index contributed by atoms with van der Waals surface area (Å²) in [5.41, 5.74) is 1.33. The summed E-state index contributed by atoms with van der Waals surface area (Å²) in [5.74, 6) is -0.342. The highest BCUT2D eigenvalue weighted by molar-refractivity contribution is 6.33. The fourth-order valence-electron chi connectivity index (χ4n) is 4.60. The normalized spacial score (nSPS) is 14.3. The molecule has 5 aromatic rings. The smallest absolute Gasteiger partial charge is 0.333 e. The lowest BCUT2D eigenvalue weighted by atomic mass is 10.0. The number of rotatable bonds is 8. The van der Waals surface area contributed by atoms with Crippen molar-refractivity contribution in [2.75, 3.05) is 0 Å². The van der Waals surface area contributed by atoms with Crippen molar-refractivity contribution in [1.29, 1.82) is 0 Å². The van der Waals surface area contributed by atoms with Gasteiger partial charge >= 0.3 is 6.55 Å². The van der Waals surface area contributed by atoms with Gasteiger partial charge in [0, 0.05) is 17.8 Å². The largest absolute Gasteiger partial charge is 0.618 e. The molecule has 0 saturated heterocycles. The van der Waals surface area contributed by atoms with E-state index in [1.165, 1.54) is 29.5 Å². The number of tetrazole rings is 1. The minimum absolute atomic E-state index is 0.0278. The highest BCUT2D eigenvalue weighted by Gasteiger charge is 2.33. The Balaban J connectivity index is 1.40. The number of benzene rings is 1. The lowest BCUT2D eigenvalue weighted by molar-refractivity contribution is -0.615. The minimum Gasteiger partial charge on any atom is -0.618 e. The van der Waals surface area contributed by atoms with Crippen molar-refractivity contribution < 1.29 is 17.9 Å². The Hall–Kier alpha value is -3.97. The zero-order valence-electron chi connectivity index (χ0n) is 19.9. The summed E-state index contributed by atoms with van der Waals surface area (Å²) in [6.07, 6.45) is 9.30. The molecule has 4 heterocycles. The molecular formula is C24H18Cl2F3N9O. The molecule has 0 amide bonds. The quantitative estimate of drug-likeness (QED) is 0.185. The van der Waals surface area contributed by atoms with E-state index < -0.39 is 18.4 Å². The molecule has 0 spiro atoms. The van der Waals surface area contributed by atoms with Crippen LogP contribution in [-0.4, -0.2) is 39.8 Å². The molecule has 6 rings (SSSR count). The Kier molecular flexibility index (Phi) is 6.47. The molecule has 0 bridgehead atoms. The first-order valence-corrected chi connectivity index (χ1v) is 12.6. The van der Waals surface area contributed by atoms with E-state index in [2.05, 4.69) is 25.7 Å². The summed E-state index contributed by atoms with van der Waals surface area (Å²) < 4.78 is 46.2. The highest BCUT2D eigenvalue weighted by atomic mass is 35.5. The summed E-state index contributed by atoms with van der Waals surface area (Å²) >= 11 is 12.2. The van der Waals surface area contributed by atoms with Gasteiger partial charge in [-0.15, -0.1) is 5.10 Å². The molecule has 1 aromatic carbocycles. The third kappa shape index (κ3) is 4.72. The predicted octanol–water partition coefficient (Wildman–Crippen LogP) is 5.25. The van der Waals surface area contributed by atoms with Crippen molar-refractivity contribution in [3.8, 4) is 28.1 Å². The van der Waals surface area contributed by atoms with E-state index in [0.29, 0.717) is 38.7 Å². The third-order valence-corrected chi connectivity index (χ3v) is 7.20. The van der Waals surface area contributed by atoms with Crippen LogP contribution in [-0.2, 0) is 0 Å². The number of hydrogen-bond acceptors (Lipinski definition) is 6. The van der Waals surface area contributed by atoms with Crippen LogP contribution >= 0.6 is 23.2 Å². The van der Waals surface area contributed by atoms with Gasteiger partial charge in [0.05, 0.1) is 44.9 Å². The van der Waals surface area contributed by atoms with E-state index in [1.807, 2.05) is 0 Å². The number of pyridine rings is 1. The molecule has 1 aliphatic carbocycles. The number of alkyl halides is 2. The van der Waals surface area contributed by atoms with Crippen molar-refractivity contribution in [2.45, 2.75) is 31.9 Å². The van der Waals surface area contributed by atoms with Gasteiger partial charge in [-0.25, -0.2) is 9.07 Å². The maximum atomic E-state index is 15.2. The van der Waals surface area contributed by atoms with E-state index in [9.17, 15) is 14.0 Å². The molecule has 15 heteroatoms. The summed E-state index contributed by atoms with van der Waals surface area (Å²) in [4.78, 5) is 0. The highest BCUT2D eigenvalue weighted by Crippen LogP contribution is 2.40. The monoisotopic (exact) mass is 575 g/mol. The maximum Gasteiger partial charge on any atom is 0.333 e. The van der Waals surface area contributed by atoms with Gasteiger partial charge < -0.3 is 5.21 Å². The molecule has 1 atom stereocenters. The van der Waals surface area contributed by atoms with Gasteiger partial charge in [-0.3, -0.25) is 4.68 Å². The van der Waals surface area contributed by atoms with Crippen LogP contribution in [0.3, 0.4) is 0 Å². The van der Waals surface area contributed by atoms with Gasteiger partial charge in [0.25, 0.3) is 0 Å². The fourth-order valence-corrected chi connectivity index (χ4v) is 5.00. The topological polar surface area (TPSA) is 106 Å². The second-order valence-corrected chi connectivity index (χ2v) is 9.96. The Bertz CT molecular complexity index is 1650. The van der Waals surface area contributed by atoms with Gasteiger partial charge in [0.2, 0.25) is 5.69 Å². The van der Waals surface area contributed by atoms with Gasteiger partial charge in [-0.1, -0.05) is 36.0 Å². The second-order valence-electron chi connectivity index (χ2n) is 9.15. The fraction of sp³-hybridized carbons (Fsp3) is 0.250. The Morgan fingerprint density at radius 3 is 2.56 bits per heavy atom. The molecule has 39 heavy (non-hydrogen) atoms. The van der Waals surface area contributed by atoms with Gasteiger partial charge in [0.1, 0.15) is 12.4 Å². The first kappa shape index (κ1) is 25.3. The van der Waals surface area contributed by atoms with Crippen LogP contribution in [0.25, 0.3) is 28.1 Å². The van der Waals surface area contributed by atoms with Crippen molar-refractivity contribution in [3.63, 3.8) is 0 Å². The van der Waals surface area contributed by atoms with Crippen LogP contribution in [0, 0.1) is 16.9 Å². The average molecular weight is 576 g/mol. The molecule has 0 N–H and O–H groups in total. The molecule has 200 valence electrons. The number of nitrogens with zero attached hydrogens (tertiary/aromatic N) is 9. The van der Waals surface area contributed by atoms with Gasteiger partial charge in [-0.05, 0) is 41.0 Å². The van der Waals surface area contributed by atoms with Crippen molar-refractivity contribution >= 4 is 23.2 Å². The Labute approximate surface area is 228 Å². The van der Waals surface area contributed by atoms with Crippen LogP contribution < -0.4 is 4.73 Å². The number of hydrogen-bond donors (Lipinski definition) is 0. The van der Waals surface area contributed by atoms with Crippen LogP contribution in [0.15, 0.2) is 55.4 Å². The molecule has 1 fully saturated rings. The van der Waals surface area contributed by atoms with E-state index in [1.54, 1.807) is 29.1 Å². The molecule has 1 unspecified atom stereocenters. The van der Waals surface area contributed by atoms with E-state index in [-0.39, 0.29) is 26.9 Å². The van der Waals surface area contributed by atoms with Crippen molar-refractivity contribution in [2.24, 2.45) is 5.92 Å².